The summed E-state index contributed by atoms with van der Waals surface area (Å²) >= 11 is 0. The van der Waals surface area contributed by atoms with Crippen molar-refractivity contribution in [2.45, 2.75) is 69.1 Å². The zero-order valence-electron chi connectivity index (χ0n) is 17.6. The van der Waals surface area contributed by atoms with E-state index >= 15 is 0 Å². The normalized spacial score (nSPS) is 23.5. The summed E-state index contributed by atoms with van der Waals surface area (Å²) in [5, 5.41) is 11.3. The van der Waals surface area contributed by atoms with Gasteiger partial charge in [0.2, 0.25) is 0 Å². The van der Waals surface area contributed by atoms with Crippen LogP contribution in [-0.2, 0) is 40.2 Å². The molecular weight excluding hydrogens is 424 g/mol. The second-order valence-electron chi connectivity index (χ2n) is 8.56. The smallest absolute Gasteiger partial charge is 0.268 e. The van der Waals surface area contributed by atoms with E-state index in [1.165, 1.54) is 4.68 Å². The molecule has 0 amide bonds. The highest BCUT2D eigenvalue weighted by Gasteiger charge is 2.34. The van der Waals surface area contributed by atoms with Gasteiger partial charge in [-0.25, -0.2) is 9.78 Å². The van der Waals surface area contributed by atoms with Crippen LogP contribution < -0.4 is 11.1 Å². The van der Waals surface area contributed by atoms with Crippen molar-refractivity contribution in [3.63, 3.8) is 0 Å². The molecule has 0 aromatic carbocycles. The number of aromatic nitrogens is 4. The molecule has 4 heterocycles. The third kappa shape index (κ3) is 3.53. The predicted molar refractivity (Wildman–Crippen MR) is 116 cm³/mol. The average Bonchev–Trinajstić information content (AvgIpc) is 2.68. The molecule has 2 aromatic rings. The zero-order chi connectivity index (χ0) is 21.7. The Kier molecular flexibility index (Phi) is 5.65. The molecule has 3 unspecified atom stereocenters. The minimum absolute atomic E-state index is 0.0223. The number of nitrogens with zero attached hydrogens (tertiary/aromatic N) is 3. The van der Waals surface area contributed by atoms with E-state index in [2.05, 4.69) is 15.3 Å². The van der Waals surface area contributed by atoms with E-state index in [9.17, 15) is 18.0 Å². The highest BCUT2D eigenvalue weighted by molar-refractivity contribution is 7.85. The average molecular weight is 451 g/mol. The van der Waals surface area contributed by atoms with Crippen LogP contribution in [-0.4, -0.2) is 39.9 Å². The molecule has 0 aliphatic carbocycles. The van der Waals surface area contributed by atoms with Gasteiger partial charge in [-0.15, -0.1) is 0 Å². The summed E-state index contributed by atoms with van der Waals surface area (Å²) in [5.41, 5.74) is 2.72. The van der Waals surface area contributed by atoms with Gasteiger partial charge < -0.3 is 0 Å². The first-order valence-corrected chi connectivity index (χ1v) is 13.0. The summed E-state index contributed by atoms with van der Waals surface area (Å²) in [4.78, 5) is 26.3. The summed E-state index contributed by atoms with van der Waals surface area (Å²) in [6, 6.07) is -0.468. The Morgan fingerprint density at radius 3 is 2.40 bits per heavy atom. The minimum Gasteiger partial charge on any atom is -0.268 e. The van der Waals surface area contributed by atoms with Gasteiger partial charge in [-0.05, 0) is 23.8 Å². The van der Waals surface area contributed by atoms with Crippen molar-refractivity contribution in [3.05, 3.63) is 48.8 Å². The molecule has 162 valence electrons. The van der Waals surface area contributed by atoms with Crippen LogP contribution in [0.15, 0.2) is 14.5 Å². The number of aromatic amines is 1. The molecule has 0 saturated heterocycles. The van der Waals surface area contributed by atoms with E-state index in [1.807, 2.05) is 27.7 Å². The van der Waals surface area contributed by atoms with E-state index in [0.717, 1.165) is 11.3 Å². The van der Waals surface area contributed by atoms with Crippen LogP contribution in [0.4, 0.5) is 0 Å². The third-order valence-electron chi connectivity index (χ3n) is 5.75. The van der Waals surface area contributed by atoms with Crippen molar-refractivity contribution >= 4 is 21.6 Å². The third-order valence-corrected chi connectivity index (χ3v) is 8.62. The highest BCUT2D eigenvalue weighted by Crippen LogP contribution is 2.31. The van der Waals surface area contributed by atoms with Crippen molar-refractivity contribution in [2.24, 2.45) is 0 Å². The Bertz CT molecular complexity index is 1180. The molecule has 2 aliphatic rings. The molecule has 10 heteroatoms. The monoisotopic (exact) mass is 450 g/mol. The minimum atomic E-state index is -1.45. The first kappa shape index (κ1) is 21.3. The highest BCUT2D eigenvalue weighted by atomic mass is 32.2. The van der Waals surface area contributed by atoms with Gasteiger partial charge >= 0.3 is 0 Å². The zero-order valence-corrected chi connectivity index (χ0v) is 19.2. The maximum absolute atomic E-state index is 13.3. The van der Waals surface area contributed by atoms with Gasteiger partial charge in [-0.2, -0.15) is 10.2 Å². The summed E-state index contributed by atoms with van der Waals surface area (Å²) < 4.78 is 26.7. The lowest BCUT2D eigenvalue weighted by atomic mass is 9.99. The van der Waals surface area contributed by atoms with Gasteiger partial charge in [0.25, 0.3) is 11.1 Å². The van der Waals surface area contributed by atoms with Crippen molar-refractivity contribution < 1.29 is 8.42 Å². The molecule has 0 saturated carbocycles. The van der Waals surface area contributed by atoms with Crippen molar-refractivity contribution in [1.82, 2.24) is 20.0 Å². The summed E-state index contributed by atoms with van der Waals surface area (Å²) in [6.07, 6.45) is 0.741. The molecule has 0 bridgehead atoms. The molecule has 0 radical (unpaired) electrons. The topological polar surface area (TPSA) is 115 Å². The predicted octanol–water partition coefficient (Wildman–Crippen LogP) is 1.28. The second-order valence-corrected chi connectivity index (χ2v) is 11.6. The standard InChI is InChI=1S/C20H26N4O4S2/c1-10(2)16-15-9-29(27)6-5-13(15)20(26)24(23-16)12-7-14-18(30(28)8-12)17(11(3)4)21-22-19(14)25/h10-12H,5-9H2,1-4H3,(H,22,25). The molecule has 30 heavy (non-hydrogen) atoms. The summed E-state index contributed by atoms with van der Waals surface area (Å²) in [7, 11) is -2.43. The van der Waals surface area contributed by atoms with Crippen molar-refractivity contribution in [3.8, 4) is 0 Å². The first-order chi connectivity index (χ1) is 14.2. The van der Waals surface area contributed by atoms with Crippen molar-refractivity contribution in [1.29, 1.82) is 0 Å². The number of hydrogen-bond donors (Lipinski definition) is 1. The molecule has 2 aromatic heterocycles. The lowest BCUT2D eigenvalue weighted by Crippen LogP contribution is -2.41. The van der Waals surface area contributed by atoms with Crippen molar-refractivity contribution in [2.75, 3.05) is 11.5 Å². The SMILES string of the molecule is CC(C)c1nn(C2Cc3c(c(C(C)C)n[nH]c3=O)S(=O)C2)c(=O)c2c1CS(=O)CC2. The lowest BCUT2D eigenvalue weighted by Gasteiger charge is -2.28. The molecule has 3 atom stereocenters. The molecule has 0 fully saturated rings. The molecular formula is C20H26N4O4S2. The van der Waals surface area contributed by atoms with Crippen LogP contribution in [0.5, 0.6) is 0 Å². The number of H-pyrrole nitrogens is 1. The van der Waals surface area contributed by atoms with E-state index in [1.54, 1.807) is 0 Å². The summed E-state index contributed by atoms with van der Waals surface area (Å²) in [5.74, 6) is 1.12. The molecule has 1 N–H and O–H groups in total. The Labute approximate surface area is 179 Å². The molecule has 4 rings (SSSR count). The molecule has 8 nitrogen and oxygen atoms in total. The maximum Gasteiger partial charge on any atom is 0.270 e. The molecule has 2 aliphatic heterocycles. The van der Waals surface area contributed by atoms with Crippen LogP contribution in [0.3, 0.4) is 0 Å². The van der Waals surface area contributed by atoms with Gasteiger partial charge in [-0.3, -0.25) is 18.0 Å². The van der Waals surface area contributed by atoms with E-state index in [-0.39, 0.29) is 35.1 Å². The van der Waals surface area contributed by atoms with Gasteiger partial charge in [0.1, 0.15) is 0 Å². The van der Waals surface area contributed by atoms with Gasteiger partial charge in [0.05, 0.1) is 44.6 Å². The van der Waals surface area contributed by atoms with E-state index in [4.69, 9.17) is 0 Å². The molecule has 0 spiro atoms. The summed E-state index contributed by atoms with van der Waals surface area (Å²) in [6.45, 7) is 7.88. The number of hydrogen-bond acceptors (Lipinski definition) is 6. The van der Waals surface area contributed by atoms with Crippen LogP contribution in [0.1, 0.15) is 73.7 Å². The Hall–Kier alpha value is -1.94. The second kappa shape index (κ2) is 7.96. The Balaban J connectivity index is 1.86. The van der Waals surface area contributed by atoms with Gasteiger partial charge in [-0.1, -0.05) is 27.7 Å². The number of rotatable bonds is 3. The fourth-order valence-electron chi connectivity index (χ4n) is 4.25. The number of nitrogens with one attached hydrogen (secondary N) is 1. The Morgan fingerprint density at radius 1 is 1.03 bits per heavy atom. The maximum atomic E-state index is 13.3. The number of fused-ring (bicyclic) bond motifs is 2. The van der Waals surface area contributed by atoms with Crippen LogP contribution in [0.2, 0.25) is 0 Å². The lowest BCUT2D eigenvalue weighted by molar-refractivity contribution is 0.438. The first-order valence-electron chi connectivity index (χ1n) is 10.2. The van der Waals surface area contributed by atoms with Crippen LogP contribution in [0.25, 0.3) is 0 Å². The fraction of sp³-hybridized carbons (Fsp3) is 0.600. The Morgan fingerprint density at radius 2 is 1.73 bits per heavy atom. The van der Waals surface area contributed by atoms with Gasteiger partial charge in [0.15, 0.2) is 0 Å². The van der Waals surface area contributed by atoms with Gasteiger partial charge in [0, 0.05) is 34.1 Å². The van der Waals surface area contributed by atoms with Crippen LogP contribution >= 0.6 is 0 Å². The van der Waals surface area contributed by atoms with Crippen LogP contribution in [0, 0.1) is 0 Å². The van der Waals surface area contributed by atoms with E-state index < -0.39 is 27.6 Å². The fourth-order valence-corrected chi connectivity index (χ4v) is 7.21. The quantitative estimate of drug-likeness (QED) is 0.753. The van der Waals surface area contributed by atoms with E-state index in [0.29, 0.717) is 39.6 Å². The largest absolute Gasteiger partial charge is 0.270 e.